The Kier molecular flexibility index (Phi) is 1.38. The van der Waals surface area contributed by atoms with Crippen molar-refractivity contribution in [3.05, 3.63) is 16.4 Å². The van der Waals surface area contributed by atoms with Gasteiger partial charge in [-0.15, -0.1) is 0 Å². The summed E-state index contributed by atoms with van der Waals surface area (Å²) in [6.45, 7) is 0. The van der Waals surface area contributed by atoms with Crippen molar-refractivity contribution in [2.75, 3.05) is 0 Å². The highest BCUT2D eigenvalue weighted by Gasteiger charge is 2.14. The largest absolute Gasteiger partial charge is 0.418 e. The Bertz CT molecular complexity index is 258. The summed E-state index contributed by atoms with van der Waals surface area (Å²) in [6, 6.07) is 0. The van der Waals surface area contributed by atoms with E-state index in [9.17, 15) is 0 Å². The molecule has 0 aliphatic heterocycles. The van der Waals surface area contributed by atoms with Crippen LogP contribution >= 0.6 is 12.2 Å². The third kappa shape index (κ3) is 0.904. The Balaban J connectivity index is 2.50. The van der Waals surface area contributed by atoms with Gasteiger partial charge in [-0.05, 0) is 12.8 Å². The SMILES string of the molecule is S=c1oc2c(o1)CCCC2. The Morgan fingerprint density at radius 2 is 1.50 bits per heavy atom. The van der Waals surface area contributed by atoms with Gasteiger partial charge in [-0.1, -0.05) is 0 Å². The van der Waals surface area contributed by atoms with Crippen LogP contribution in [-0.4, -0.2) is 0 Å². The molecule has 0 saturated heterocycles. The second-order valence-corrected chi connectivity index (χ2v) is 2.84. The lowest BCUT2D eigenvalue weighted by atomic mass is 10.0. The summed E-state index contributed by atoms with van der Waals surface area (Å²) in [4.78, 5) is 0.284. The maximum Gasteiger partial charge on any atom is 0.363 e. The summed E-state index contributed by atoms with van der Waals surface area (Å²) >= 11 is 4.75. The molecular formula is C7H8O2S. The molecule has 54 valence electrons. The van der Waals surface area contributed by atoms with E-state index in [1.807, 2.05) is 0 Å². The number of rotatable bonds is 0. The highest BCUT2D eigenvalue weighted by atomic mass is 32.1. The maximum absolute atomic E-state index is 5.15. The molecule has 1 aliphatic rings. The lowest BCUT2D eigenvalue weighted by Gasteiger charge is -2.04. The van der Waals surface area contributed by atoms with Gasteiger partial charge in [0.05, 0.1) is 0 Å². The molecular weight excluding hydrogens is 148 g/mol. The van der Waals surface area contributed by atoms with E-state index in [0.29, 0.717) is 0 Å². The van der Waals surface area contributed by atoms with Crippen LogP contribution in [0.15, 0.2) is 8.83 Å². The first-order valence-electron chi connectivity index (χ1n) is 3.48. The molecule has 0 bridgehead atoms. The van der Waals surface area contributed by atoms with Crippen LogP contribution in [0, 0.1) is 4.90 Å². The van der Waals surface area contributed by atoms with Gasteiger partial charge in [-0.3, -0.25) is 0 Å². The zero-order valence-electron chi connectivity index (χ0n) is 5.55. The van der Waals surface area contributed by atoms with Gasteiger partial charge in [0.2, 0.25) is 0 Å². The van der Waals surface area contributed by atoms with Crippen molar-refractivity contribution in [1.29, 1.82) is 0 Å². The quantitative estimate of drug-likeness (QED) is 0.540. The van der Waals surface area contributed by atoms with E-state index in [1.54, 1.807) is 0 Å². The second kappa shape index (κ2) is 2.23. The van der Waals surface area contributed by atoms with Crippen molar-refractivity contribution < 1.29 is 8.83 Å². The topological polar surface area (TPSA) is 26.3 Å². The highest BCUT2D eigenvalue weighted by molar-refractivity contribution is 7.71. The van der Waals surface area contributed by atoms with E-state index in [1.165, 1.54) is 12.8 Å². The molecule has 0 atom stereocenters. The molecule has 1 aromatic heterocycles. The molecule has 0 N–H and O–H groups in total. The van der Waals surface area contributed by atoms with Crippen LogP contribution in [0.4, 0.5) is 0 Å². The van der Waals surface area contributed by atoms with Gasteiger partial charge in [0.15, 0.2) is 0 Å². The van der Waals surface area contributed by atoms with Crippen LogP contribution in [-0.2, 0) is 12.8 Å². The molecule has 0 spiro atoms. The van der Waals surface area contributed by atoms with Gasteiger partial charge in [0.25, 0.3) is 0 Å². The zero-order chi connectivity index (χ0) is 6.97. The van der Waals surface area contributed by atoms with Crippen molar-refractivity contribution in [1.82, 2.24) is 0 Å². The van der Waals surface area contributed by atoms with Crippen LogP contribution in [0.2, 0.25) is 0 Å². The molecule has 1 aromatic rings. The van der Waals surface area contributed by atoms with E-state index >= 15 is 0 Å². The lowest BCUT2D eigenvalue weighted by Crippen LogP contribution is -1.97. The van der Waals surface area contributed by atoms with Gasteiger partial charge in [0.1, 0.15) is 11.5 Å². The van der Waals surface area contributed by atoms with E-state index in [2.05, 4.69) is 0 Å². The summed E-state index contributed by atoms with van der Waals surface area (Å²) in [5.74, 6) is 1.94. The number of hydrogen-bond donors (Lipinski definition) is 0. The standard InChI is InChI=1S/C7H8O2S/c10-7-8-5-3-1-2-4-6(5)9-7/h1-4H2. The van der Waals surface area contributed by atoms with Crippen LogP contribution in [0.1, 0.15) is 24.4 Å². The first-order chi connectivity index (χ1) is 4.86. The van der Waals surface area contributed by atoms with Crippen molar-refractivity contribution in [3.8, 4) is 0 Å². The van der Waals surface area contributed by atoms with E-state index in [4.69, 9.17) is 21.1 Å². The highest BCUT2D eigenvalue weighted by Crippen LogP contribution is 2.22. The second-order valence-electron chi connectivity index (χ2n) is 2.51. The molecule has 2 rings (SSSR count). The summed E-state index contributed by atoms with van der Waals surface area (Å²) in [6.07, 6.45) is 4.39. The average molecular weight is 156 g/mol. The summed E-state index contributed by atoms with van der Waals surface area (Å²) < 4.78 is 10.3. The third-order valence-electron chi connectivity index (χ3n) is 1.78. The van der Waals surface area contributed by atoms with Gasteiger partial charge < -0.3 is 8.83 Å². The summed E-state index contributed by atoms with van der Waals surface area (Å²) in [5.41, 5.74) is 0. The van der Waals surface area contributed by atoms with Crippen LogP contribution in [0.25, 0.3) is 0 Å². The van der Waals surface area contributed by atoms with Crippen molar-refractivity contribution >= 4 is 12.2 Å². The maximum atomic E-state index is 5.15. The van der Waals surface area contributed by atoms with Crippen LogP contribution in [0.5, 0.6) is 0 Å². The molecule has 1 aliphatic carbocycles. The summed E-state index contributed by atoms with van der Waals surface area (Å²) in [7, 11) is 0. The minimum absolute atomic E-state index is 0.284. The molecule has 0 radical (unpaired) electrons. The lowest BCUT2D eigenvalue weighted by molar-refractivity contribution is 0.402. The fraction of sp³-hybridized carbons (Fsp3) is 0.571. The average Bonchev–Trinajstić information content (AvgIpc) is 2.27. The van der Waals surface area contributed by atoms with Gasteiger partial charge in [-0.25, -0.2) is 0 Å². The summed E-state index contributed by atoms with van der Waals surface area (Å²) in [5, 5.41) is 0. The zero-order valence-corrected chi connectivity index (χ0v) is 6.37. The first kappa shape index (κ1) is 6.16. The number of hydrogen-bond acceptors (Lipinski definition) is 3. The Morgan fingerprint density at radius 3 is 2.00 bits per heavy atom. The molecule has 0 amide bonds. The van der Waals surface area contributed by atoms with Crippen LogP contribution < -0.4 is 0 Å². The molecule has 0 saturated carbocycles. The molecule has 0 aromatic carbocycles. The minimum atomic E-state index is 0.284. The van der Waals surface area contributed by atoms with Crippen molar-refractivity contribution in [3.63, 3.8) is 0 Å². The Labute approximate surface area is 63.8 Å². The molecule has 0 unspecified atom stereocenters. The third-order valence-corrected chi connectivity index (χ3v) is 1.95. The fourth-order valence-corrected chi connectivity index (χ4v) is 1.49. The van der Waals surface area contributed by atoms with E-state index in [-0.39, 0.29) is 4.90 Å². The van der Waals surface area contributed by atoms with Gasteiger partial charge in [0, 0.05) is 25.1 Å². The van der Waals surface area contributed by atoms with Crippen molar-refractivity contribution in [2.45, 2.75) is 25.7 Å². The Hall–Kier alpha value is -0.570. The van der Waals surface area contributed by atoms with E-state index in [0.717, 1.165) is 24.4 Å². The first-order valence-corrected chi connectivity index (χ1v) is 3.89. The fourth-order valence-electron chi connectivity index (χ4n) is 1.29. The van der Waals surface area contributed by atoms with E-state index < -0.39 is 0 Å². The predicted octanol–water partition coefficient (Wildman–Crippen LogP) is 2.48. The number of fused-ring (bicyclic) bond motifs is 1. The smallest absolute Gasteiger partial charge is 0.363 e. The monoisotopic (exact) mass is 156 g/mol. The van der Waals surface area contributed by atoms with Gasteiger partial charge in [-0.2, -0.15) is 0 Å². The molecule has 3 heteroatoms. The molecule has 1 heterocycles. The normalized spacial score (nSPS) is 16.8. The minimum Gasteiger partial charge on any atom is -0.418 e. The number of aryl methyl sites for hydroxylation is 2. The van der Waals surface area contributed by atoms with Crippen molar-refractivity contribution in [2.24, 2.45) is 0 Å². The molecule has 2 nitrogen and oxygen atoms in total. The predicted molar refractivity (Wildman–Crippen MR) is 38.5 cm³/mol. The Morgan fingerprint density at radius 1 is 1.00 bits per heavy atom. The van der Waals surface area contributed by atoms with Crippen LogP contribution in [0.3, 0.4) is 0 Å². The molecule has 10 heavy (non-hydrogen) atoms. The van der Waals surface area contributed by atoms with Gasteiger partial charge >= 0.3 is 4.90 Å². The molecule has 0 fully saturated rings.